The van der Waals surface area contributed by atoms with Crippen LogP contribution in [-0.2, 0) is 4.79 Å². The van der Waals surface area contributed by atoms with Gasteiger partial charge in [-0.25, -0.2) is 0 Å². The maximum absolute atomic E-state index is 12.3. The lowest BCUT2D eigenvalue weighted by molar-refractivity contribution is -0.130. The van der Waals surface area contributed by atoms with Crippen LogP contribution in [0, 0.1) is 23.7 Å². The van der Waals surface area contributed by atoms with Crippen LogP contribution in [0.5, 0.6) is 0 Å². The molecule has 0 saturated heterocycles. The van der Waals surface area contributed by atoms with E-state index < -0.39 is 5.60 Å². The van der Waals surface area contributed by atoms with Gasteiger partial charge in [0.1, 0.15) is 5.78 Å². The number of hydrogen-bond donors (Lipinski definition) is 1. The maximum Gasteiger partial charge on any atom is 0.136 e. The molecule has 2 heteroatoms. The Bertz CT molecular complexity index is 321. The number of ketones is 1. The lowest BCUT2D eigenvalue weighted by atomic mass is 9.68. The highest BCUT2D eigenvalue weighted by Crippen LogP contribution is 2.49. The van der Waals surface area contributed by atoms with Crippen molar-refractivity contribution >= 4 is 5.78 Å². The molecule has 0 radical (unpaired) electrons. The van der Waals surface area contributed by atoms with Gasteiger partial charge in [-0.05, 0) is 56.8 Å². The Morgan fingerprint density at radius 1 is 1.12 bits per heavy atom. The van der Waals surface area contributed by atoms with Gasteiger partial charge in [-0.2, -0.15) is 0 Å². The van der Waals surface area contributed by atoms with Gasteiger partial charge in [0.25, 0.3) is 0 Å². The molecule has 0 bridgehead atoms. The van der Waals surface area contributed by atoms with E-state index in [2.05, 4.69) is 0 Å². The van der Waals surface area contributed by atoms with Gasteiger partial charge in [0.05, 0.1) is 5.60 Å². The third kappa shape index (κ3) is 1.95. The number of carbonyl (C=O) groups excluding carboxylic acids is 1. The van der Waals surface area contributed by atoms with Crippen molar-refractivity contribution in [2.45, 2.75) is 63.9 Å². The molecule has 0 amide bonds. The second-order valence-electron chi connectivity index (χ2n) is 6.83. The van der Waals surface area contributed by atoms with E-state index in [1.807, 2.05) is 6.92 Å². The topological polar surface area (TPSA) is 37.3 Å². The van der Waals surface area contributed by atoms with Gasteiger partial charge in [0, 0.05) is 12.3 Å². The van der Waals surface area contributed by atoms with E-state index in [9.17, 15) is 9.90 Å². The van der Waals surface area contributed by atoms with Gasteiger partial charge in [-0.15, -0.1) is 0 Å². The number of hydrogen-bond acceptors (Lipinski definition) is 2. The first-order valence-corrected chi connectivity index (χ1v) is 7.33. The maximum atomic E-state index is 12.3. The van der Waals surface area contributed by atoms with Gasteiger partial charge in [-0.1, -0.05) is 12.8 Å². The largest absolute Gasteiger partial charge is 0.390 e. The van der Waals surface area contributed by atoms with E-state index in [1.165, 1.54) is 12.8 Å². The molecular formula is C15H24O2. The molecule has 0 aromatic rings. The van der Waals surface area contributed by atoms with Crippen molar-refractivity contribution in [1.82, 2.24) is 0 Å². The smallest absolute Gasteiger partial charge is 0.136 e. The fourth-order valence-electron chi connectivity index (χ4n) is 4.90. The van der Waals surface area contributed by atoms with Crippen LogP contribution in [-0.4, -0.2) is 16.5 Å². The summed E-state index contributed by atoms with van der Waals surface area (Å²) in [6, 6.07) is 0. The molecule has 2 nitrogen and oxygen atoms in total. The molecule has 0 heterocycles. The summed E-state index contributed by atoms with van der Waals surface area (Å²) in [7, 11) is 0. The second kappa shape index (κ2) is 4.08. The highest BCUT2D eigenvalue weighted by atomic mass is 16.3. The Hall–Kier alpha value is -0.370. The van der Waals surface area contributed by atoms with Crippen LogP contribution in [0.25, 0.3) is 0 Å². The molecule has 3 aliphatic rings. The lowest BCUT2D eigenvalue weighted by Crippen LogP contribution is -2.43. The minimum absolute atomic E-state index is 0.281. The zero-order chi connectivity index (χ0) is 12.0. The predicted molar refractivity (Wildman–Crippen MR) is 66.5 cm³/mol. The summed E-state index contributed by atoms with van der Waals surface area (Å²) >= 11 is 0. The first kappa shape index (κ1) is 11.7. The number of fused-ring (bicyclic) bond motifs is 2. The molecule has 17 heavy (non-hydrogen) atoms. The summed E-state index contributed by atoms with van der Waals surface area (Å²) in [6.45, 7) is 2.03. The average Bonchev–Trinajstić information content (AvgIpc) is 2.84. The molecule has 0 aromatic carbocycles. The van der Waals surface area contributed by atoms with Crippen molar-refractivity contribution in [2.75, 3.05) is 0 Å². The summed E-state index contributed by atoms with van der Waals surface area (Å²) < 4.78 is 0. The minimum atomic E-state index is -0.519. The van der Waals surface area contributed by atoms with Crippen molar-refractivity contribution in [3.05, 3.63) is 0 Å². The summed E-state index contributed by atoms with van der Waals surface area (Å²) in [5.74, 6) is 2.12. The van der Waals surface area contributed by atoms with Gasteiger partial charge >= 0.3 is 0 Å². The van der Waals surface area contributed by atoms with E-state index in [-0.39, 0.29) is 5.92 Å². The van der Waals surface area contributed by atoms with Crippen LogP contribution in [0.4, 0.5) is 0 Å². The van der Waals surface area contributed by atoms with E-state index in [0.717, 1.165) is 38.5 Å². The van der Waals surface area contributed by atoms with Crippen molar-refractivity contribution in [2.24, 2.45) is 23.7 Å². The summed E-state index contributed by atoms with van der Waals surface area (Å²) in [4.78, 5) is 12.3. The Kier molecular flexibility index (Phi) is 2.81. The Morgan fingerprint density at radius 2 is 1.82 bits per heavy atom. The minimum Gasteiger partial charge on any atom is -0.390 e. The molecular weight excluding hydrogens is 212 g/mol. The molecule has 0 aliphatic heterocycles. The highest BCUT2D eigenvalue weighted by molar-refractivity contribution is 5.82. The molecule has 0 spiro atoms. The van der Waals surface area contributed by atoms with Crippen LogP contribution in [0.15, 0.2) is 0 Å². The summed E-state index contributed by atoms with van der Waals surface area (Å²) in [6.07, 6.45) is 8.53. The van der Waals surface area contributed by atoms with E-state index >= 15 is 0 Å². The van der Waals surface area contributed by atoms with Crippen LogP contribution in [0.2, 0.25) is 0 Å². The van der Waals surface area contributed by atoms with E-state index in [0.29, 0.717) is 23.5 Å². The monoisotopic (exact) mass is 236 g/mol. The van der Waals surface area contributed by atoms with Crippen molar-refractivity contribution in [3.63, 3.8) is 0 Å². The Balaban J connectivity index is 1.88. The standard InChI is InChI=1S/C15H24O2/c1-15(17)9-11-5-2-6-12(11)14(16)8-10-4-3-7-13(10)15/h10-13,17H,2-9H2,1H3/t10-,11-,12-,13+,15-/m1/s1. The molecule has 5 atom stereocenters. The fourth-order valence-corrected chi connectivity index (χ4v) is 4.90. The number of Topliss-reactive ketones (excluding diaryl/α,β-unsaturated/α-hetero) is 1. The van der Waals surface area contributed by atoms with Crippen LogP contribution >= 0.6 is 0 Å². The third-order valence-electron chi connectivity index (χ3n) is 5.67. The lowest BCUT2D eigenvalue weighted by Gasteiger charge is -2.40. The number of aliphatic hydroxyl groups is 1. The molecule has 3 fully saturated rings. The van der Waals surface area contributed by atoms with E-state index in [4.69, 9.17) is 0 Å². The summed E-state index contributed by atoms with van der Waals surface area (Å²) in [5.41, 5.74) is -0.519. The average molecular weight is 236 g/mol. The van der Waals surface area contributed by atoms with Crippen LogP contribution in [0.1, 0.15) is 58.3 Å². The molecule has 0 unspecified atom stereocenters. The molecule has 1 N–H and O–H groups in total. The SMILES string of the molecule is C[C@@]1(O)C[C@H]2CCC[C@H]2C(=O)C[C@H]2CCC[C@@H]21. The molecule has 96 valence electrons. The normalized spacial score (nSPS) is 50.6. The van der Waals surface area contributed by atoms with Crippen LogP contribution < -0.4 is 0 Å². The first-order chi connectivity index (χ1) is 8.08. The van der Waals surface area contributed by atoms with Gasteiger partial charge < -0.3 is 5.11 Å². The number of rotatable bonds is 0. The molecule has 3 rings (SSSR count). The zero-order valence-corrected chi connectivity index (χ0v) is 10.8. The second-order valence-corrected chi connectivity index (χ2v) is 6.83. The fraction of sp³-hybridized carbons (Fsp3) is 0.933. The van der Waals surface area contributed by atoms with E-state index in [1.54, 1.807) is 0 Å². The van der Waals surface area contributed by atoms with Gasteiger partial charge in [-0.3, -0.25) is 4.79 Å². The molecule has 0 aromatic heterocycles. The third-order valence-corrected chi connectivity index (χ3v) is 5.67. The van der Waals surface area contributed by atoms with Crippen LogP contribution in [0.3, 0.4) is 0 Å². The highest BCUT2D eigenvalue weighted by Gasteiger charge is 2.48. The first-order valence-electron chi connectivity index (χ1n) is 7.33. The number of carbonyl (C=O) groups is 1. The van der Waals surface area contributed by atoms with Gasteiger partial charge in [0.15, 0.2) is 0 Å². The zero-order valence-electron chi connectivity index (χ0n) is 10.8. The molecule has 3 aliphatic carbocycles. The van der Waals surface area contributed by atoms with Crippen molar-refractivity contribution < 1.29 is 9.90 Å². The summed E-state index contributed by atoms with van der Waals surface area (Å²) in [5, 5.41) is 10.8. The van der Waals surface area contributed by atoms with Crippen molar-refractivity contribution in [3.8, 4) is 0 Å². The van der Waals surface area contributed by atoms with Crippen molar-refractivity contribution in [1.29, 1.82) is 0 Å². The Morgan fingerprint density at radius 3 is 2.65 bits per heavy atom. The van der Waals surface area contributed by atoms with Gasteiger partial charge in [0.2, 0.25) is 0 Å². The molecule has 3 saturated carbocycles. The predicted octanol–water partition coefficient (Wildman–Crippen LogP) is 2.93. The Labute approximate surface area is 104 Å². The quantitative estimate of drug-likeness (QED) is 0.702.